The second-order valence-electron chi connectivity index (χ2n) is 15.6. The van der Waals surface area contributed by atoms with Gasteiger partial charge in [-0.1, -0.05) is 30.3 Å². The molecule has 0 radical (unpaired) electrons. The van der Waals surface area contributed by atoms with Gasteiger partial charge in [-0.15, -0.1) is 0 Å². The summed E-state index contributed by atoms with van der Waals surface area (Å²) in [6.07, 6.45) is 8.27. The van der Waals surface area contributed by atoms with Crippen molar-refractivity contribution in [2.45, 2.75) is 51.6 Å². The Morgan fingerprint density at radius 1 is 0.875 bits per heavy atom. The highest BCUT2D eigenvalue weighted by Gasteiger charge is 2.26. The van der Waals surface area contributed by atoms with Crippen LogP contribution in [0, 0.1) is 6.92 Å². The van der Waals surface area contributed by atoms with Gasteiger partial charge < -0.3 is 35.9 Å². The van der Waals surface area contributed by atoms with Crippen LogP contribution in [0.3, 0.4) is 0 Å². The summed E-state index contributed by atoms with van der Waals surface area (Å²) >= 11 is 0. The van der Waals surface area contributed by atoms with E-state index < -0.39 is 11.9 Å². The van der Waals surface area contributed by atoms with Crippen molar-refractivity contribution in [1.82, 2.24) is 35.0 Å². The zero-order chi connectivity index (χ0) is 45.4. The summed E-state index contributed by atoms with van der Waals surface area (Å²) in [7, 11) is 2.98. The molecule has 4 amide bonds. The van der Waals surface area contributed by atoms with Crippen molar-refractivity contribution in [3.8, 4) is 11.3 Å². The minimum atomic E-state index is -0.840. The average molecular weight is 867 g/mol. The van der Waals surface area contributed by atoms with Gasteiger partial charge in [0.05, 0.1) is 17.3 Å². The van der Waals surface area contributed by atoms with E-state index in [1.165, 1.54) is 19.0 Å². The maximum absolute atomic E-state index is 13.5. The Labute approximate surface area is 372 Å². The summed E-state index contributed by atoms with van der Waals surface area (Å²) in [4.78, 5) is 93.9. The molecular formula is C48H54N10O6. The first-order valence-electron chi connectivity index (χ1n) is 21.3. The molecule has 6 rings (SSSR count). The summed E-state index contributed by atoms with van der Waals surface area (Å²) in [5, 5.41) is 12.0. The molecule has 1 unspecified atom stereocenters. The van der Waals surface area contributed by atoms with Crippen LogP contribution in [0.4, 0.5) is 23.0 Å². The van der Waals surface area contributed by atoms with Crippen LogP contribution in [0.5, 0.6) is 0 Å². The molecule has 0 spiro atoms. The van der Waals surface area contributed by atoms with E-state index in [1.54, 1.807) is 36.8 Å². The van der Waals surface area contributed by atoms with Crippen LogP contribution in [0.2, 0.25) is 0 Å². The third-order valence-electron chi connectivity index (χ3n) is 11.2. The summed E-state index contributed by atoms with van der Waals surface area (Å²) in [6, 6.07) is 22.9. The summed E-state index contributed by atoms with van der Waals surface area (Å²) in [5.41, 5.74) is 6.38. The zero-order valence-electron chi connectivity index (χ0n) is 36.4. The van der Waals surface area contributed by atoms with Gasteiger partial charge in [0.2, 0.25) is 17.8 Å². The van der Waals surface area contributed by atoms with Crippen LogP contribution in [-0.4, -0.2) is 119 Å². The molecule has 4 N–H and O–H groups in total. The lowest BCUT2D eigenvalue weighted by atomic mass is 10.0. The number of nitrogens with zero attached hydrogens (tertiary/aromatic N) is 6. The SMILES string of the molecule is CNC(=O)CCC(C=O)N(C)C(=O)c1c(C=O)cccc1NCCCCC(=O)N1CCN(Cc2ccc(C(=O)Nc3ccc(C)c(Nc4nccc(-c5cccnc5)n4)c3)cc2)CC1. The molecule has 64 heavy (non-hydrogen) atoms. The van der Waals surface area contributed by atoms with Crippen LogP contribution >= 0.6 is 0 Å². The number of aldehydes is 2. The minimum absolute atomic E-state index is 0.0737. The van der Waals surface area contributed by atoms with Gasteiger partial charge in [0.25, 0.3) is 11.8 Å². The number of pyridine rings is 1. The number of hydrogen-bond acceptors (Lipinski definition) is 12. The van der Waals surface area contributed by atoms with Gasteiger partial charge in [0.15, 0.2) is 6.29 Å². The third kappa shape index (κ3) is 12.4. The Morgan fingerprint density at radius 3 is 2.39 bits per heavy atom. The molecule has 16 heteroatoms. The first kappa shape index (κ1) is 46.2. The van der Waals surface area contributed by atoms with Crippen molar-refractivity contribution in [1.29, 1.82) is 0 Å². The van der Waals surface area contributed by atoms with Gasteiger partial charge in [-0.3, -0.25) is 33.9 Å². The molecule has 1 aliphatic rings. The van der Waals surface area contributed by atoms with Gasteiger partial charge in [-0.25, -0.2) is 9.97 Å². The zero-order valence-corrected chi connectivity index (χ0v) is 36.4. The lowest BCUT2D eigenvalue weighted by Gasteiger charge is -2.35. The van der Waals surface area contributed by atoms with Crippen molar-refractivity contribution in [2.75, 3.05) is 62.8 Å². The molecule has 1 fully saturated rings. The monoisotopic (exact) mass is 866 g/mol. The first-order valence-corrected chi connectivity index (χ1v) is 21.3. The molecule has 1 aliphatic heterocycles. The fourth-order valence-corrected chi connectivity index (χ4v) is 7.35. The number of amides is 4. The summed E-state index contributed by atoms with van der Waals surface area (Å²) in [5.74, 6) is -0.457. The predicted molar refractivity (Wildman–Crippen MR) is 245 cm³/mol. The lowest BCUT2D eigenvalue weighted by molar-refractivity contribution is -0.133. The number of nitrogens with one attached hydrogen (secondary N) is 4. The van der Waals surface area contributed by atoms with E-state index in [4.69, 9.17) is 0 Å². The Hall–Kier alpha value is -7.33. The standard InChI is InChI=1S/C48H54N10O6/c1-33-12-17-38(28-42(33)55-48-52-23-20-40(54-48)36-9-7-21-50-29-36)53-46(63)35-15-13-34(14-16-35)30-57-24-26-58(27-25-57)44(62)11-4-5-22-51-41-10-6-8-37(31-59)45(41)47(64)56(3)39(32-60)18-19-43(61)49-2/h6-10,12-17,20-21,23,28-29,31-32,39,51H,4-5,11,18-19,22,24-27,30H2,1-3H3,(H,49,61)(H,53,63)(H,52,54,55). The van der Waals surface area contributed by atoms with Crippen molar-refractivity contribution in [2.24, 2.45) is 0 Å². The highest BCUT2D eigenvalue weighted by molar-refractivity contribution is 6.07. The first-order chi connectivity index (χ1) is 31.1. The van der Waals surface area contributed by atoms with Crippen molar-refractivity contribution in [3.63, 3.8) is 0 Å². The van der Waals surface area contributed by atoms with Crippen LogP contribution in [0.25, 0.3) is 11.3 Å². The average Bonchev–Trinajstić information content (AvgIpc) is 3.32. The molecule has 0 aliphatic carbocycles. The highest BCUT2D eigenvalue weighted by atomic mass is 16.2. The van der Waals surface area contributed by atoms with E-state index in [2.05, 4.69) is 41.1 Å². The number of benzene rings is 3. The normalized spacial score (nSPS) is 13.0. The predicted octanol–water partition coefficient (Wildman–Crippen LogP) is 5.75. The number of hydrogen-bond donors (Lipinski definition) is 4. The van der Waals surface area contributed by atoms with E-state index in [1.807, 2.05) is 72.5 Å². The fraction of sp³-hybridized carbons (Fsp3) is 0.312. The summed E-state index contributed by atoms with van der Waals surface area (Å²) in [6.45, 7) is 5.83. The molecular weight excluding hydrogens is 813 g/mol. The molecule has 1 atom stereocenters. The Balaban J connectivity index is 0.920. The summed E-state index contributed by atoms with van der Waals surface area (Å²) < 4.78 is 0. The van der Waals surface area contributed by atoms with Crippen LogP contribution < -0.4 is 21.3 Å². The van der Waals surface area contributed by atoms with Gasteiger partial charge in [-0.2, -0.15) is 0 Å². The molecule has 5 aromatic rings. The minimum Gasteiger partial charge on any atom is -0.384 e. The number of unbranched alkanes of at least 4 members (excludes halogenated alkanes) is 1. The highest BCUT2D eigenvalue weighted by Crippen LogP contribution is 2.26. The van der Waals surface area contributed by atoms with E-state index in [9.17, 15) is 28.8 Å². The second kappa shape index (κ2) is 22.7. The molecule has 2 aromatic heterocycles. The van der Waals surface area contributed by atoms with Crippen LogP contribution in [-0.2, 0) is 20.9 Å². The third-order valence-corrected chi connectivity index (χ3v) is 11.2. The smallest absolute Gasteiger partial charge is 0.257 e. The number of likely N-dealkylation sites (N-methyl/N-ethyl adjacent to an activating group) is 1. The number of aromatic nitrogens is 3. The molecule has 3 aromatic carbocycles. The number of carbonyl (C=O) groups excluding carboxylic acids is 6. The molecule has 0 saturated carbocycles. The maximum atomic E-state index is 13.5. The second-order valence-corrected chi connectivity index (χ2v) is 15.6. The molecule has 332 valence electrons. The molecule has 1 saturated heterocycles. The number of carbonyl (C=O) groups is 6. The van der Waals surface area contributed by atoms with E-state index in [0.717, 1.165) is 41.2 Å². The number of piperazine rings is 1. The van der Waals surface area contributed by atoms with Crippen molar-refractivity contribution < 1.29 is 28.8 Å². The Kier molecular flexibility index (Phi) is 16.4. The quantitative estimate of drug-likeness (QED) is 0.0547. The van der Waals surface area contributed by atoms with E-state index in [-0.39, 0.29) is 41.7 Å². The fourth-order valence-electron chi connectivity index (χ4n) is 7.35. The van der Waals surface area contributed by atoms with E-state index in [0.29, 0.717) is 80.9 Å². The van der Waals surface area contributed by atoms with Gasteiger partial charge in [-0.05, 0) is 85.8 Å². The van der Waals surface area contributed by atoms with Crippen molar-refractivity contribution in [3.05, 3.63) is 125 Å². The van der Waals surface area contributed by atoms with Gasteiger partial charge in [0.1, 0.15) is 6.29 Å². The molecule has 0 bridgehead atoms. The van der Waals surface area contributed by atoms with Crippen molar-refractivity contribution >= 4 is 59.2 Å². The topological polar surface area (TPSA) is 199 Å². The Bertz CT molecular complexity index is 2420. The number of rotatable bonds is 20. The molecule has 3 heterocycles. The Morgan fingerprint density at radius 2 is 1.67 bits per heavy atom. The largest absolute Gasteiger partial charge is 0.384 e. The maximum Gasteiger partial charge on any atom is 0.257 e. The van der Waals surface area contributed by atoms with E-state index >= 15 is 0 Å². The number of anilines is 4. The van der Waals surface area contributed by atoms with Crippen LogP contribution in [0.1, 0.15) is 74.3 Å². The molecule has 16 nitrogen and oxygen atoms in total. The number of aryl methyl sites for hydroxylation is 1. The van der Waals surface area contributed by atoms with Gasteiger partial charge >= 0.3 is 0 Å². The lowest BCUT2D eigenvalue weighted by Crippen LogP contribution is -2.48. The van der Waals surface area contributed by atoms with Gasteiger partial charge in [0, 0.05) is 119 Å². The van der Waals surface area contributed by atoms with Crippen LogP contribution in [0.15, 0.2) is 97.5 Å².